The Kier molecular flexibility index (Phi) is 6.43. The number of piperidine rings is 1. The SMILES string of the molecule is Cc1c(NC(=O)c2cccc(C#N)c2)cnc2c1c([C@@H]1CCN(C(=O)C(C)C)C[C@@H]1C)cn2C. The van der Waals surface area contributed by atoms with Crippen molar-refractivity contribution >= 4 is 28.5 Å². The van der Waals surface area contributed by atoms with Gasteiger partial charge in [0.15, 0.2) is 0 Å². The molecule has 2 amide bonds. The van der Waals surface area contributed by atoms with Crippen molar-refractivity contribution in [2.24, 2.45) is 18.9 Å². The minimum absolute atomic E-state index is 0.00720. The molecule has 2 atom stereocenters. The van der Waals surface area contributed by atoms with Crippen molar-refractivity contribution in [3.63, 3.8) is 0 Å². The standard InChI is InChI=1S/C27H31N5O2/c1-16(2)27(34)32-10-9-21(17(3)14-32)22-15-31(5)25-24(22)18(4)23(13-29-25)30-26(33)20-8-6-7-19(11-20)12-28/h6-8,11,13,15-17,21H,9-10,14H2,1-5H3,(H,30,33)/t17-,21+/m0/s1. The molecule has 0 unspecified atom stereocenters. The van der Waals surface area contributed by atoms with Crippen LogP contribution in [0.15, 0.2) is 36.7 Å². The quantitative estimate of drug-likeness (QED) is 0.619. The minimum atomic E-state index is -0.271. The lowest BCUT2D eigenvalue weighted by molar-refractivity contribution is -0.136. The Balaban J connectivity index is 1.65. The van der Waals surface area contributed by atoms with Crippen LogP contribution in [0.4, 0.5) is 5.69 Å². The van der Waals surface area contributed by atoms with Gasteiger partial charge in [0.2, 0.25) is 5.91 Å². The average Bonchev–Trinajstić information content (AvgIpc) is 3.16. The highest BCUT2D eigenvalue weighted by atomic mass is 16.2. The lowest BCUT2D eigenvalue weighted by atomic mass is 9.81. The molecule has 0 radical (unpaired) electrons. The number of carbonyl (C=O) groups is 2. The second-order valence-corrected chi connectivity index (χ2v) is 9.65. The Bertz CT molecular complexity index is 1300. The molecule has 7 nitrogen and oxygen atoms in total. The van der Waals surface area contributed by atoms with Crippen LogP contribution in [0, 0.1) is 30.1 Å². The summed E-state index contributed by atoms with van der Waals surface area (Å²) < 4.78 is 2.04. The Morgan fingerprint density at radius 2 is 2.06 bits per heavy atom. The molecule has 1 fully saturated rings. The number of aromatic nitrogens is 2. The van der Waals surface area contributed by atoms with Crippen LogP contribution in [-0.4, -0.2) is 39.4 Å². The van der Waals surface area contributed by atoms with Crippen LogP contribution >= 0.6 is 0 Å². The monoisotopic (exact) mass is 457 g/mol. The van der Waals surface area contributed by atoms with Crippen LogP contribution in [0.1, 0.15) is 60.2 Å². The highest BCUT2D eigenvalue weighted by molar-refractivity contribution is 6.06. The summed E-state index contributed by atoms with van der Waals surface area (Å²) in [5, 5.41) is 13.2. The summed E-state index contributed by atoms with van der Waals surface area (Å²) in [6, 6.07) is 8.72. The van der Waals surface area contributed by atoms with Gasteiger partial charge in [-0.25, -0.2) is 4.98 Å². The summed E-state index contributed by atoms with van der Waals surface area (Å²) in [6.45, 7) is 9.62. The van der Waals surface area contributed by atoms with Crippen molar-refractivity contribution in [3.8, 4) is 6.07 Å². The molecule has 4 rings (SSSR count). The van der Waals surface area contributed by atoms with E-state index in [1.165, 1.54) is 5.56 Å². The van der Waals surface area contributed by atoms with Crippen molar-refractivity contribution in [1.29, 1.82) is 5.26 Å². The highest BCUT2D eigenvalue weighted by Gasteiger charge is 2.32. The molecule has 34 heavy (non-hydrogen) atoms. The smallest absolute Gasteiger partial charge is 0.255 e. The maximum atomic E-state index is 12.9. The predicted octanol–water partition coefficient (Wildman–Crippen LogP) is 4.61. The second kappa shape index (κ2) is 9.30. The number of rotatable bonds is 4. The molecule has 1 N–H and O–H groups in total. The summed E-state index contributed by atoms with van der Waals surface area (Å²) in [6.07, 6.45) is 4.74. The molecule has 176 valence electrons. The summed E-state index contributed by atoms with van der Waals surface area (Å²) in [7, 11) is 1.99. The number of benzene rings is 1. The number of likely N-dealkylation sites (tertiary alicyclic amines) is 1. The molecule has 1 aromatic carbocycles. The van der Waals surface area contributed by atoms with Gasteiger partial charge >= 0.3 is 0 Å². The second-order valence-electron chi connectivity index (χ2n) is 9.65. The normalized spacial score (nSPS) is 18.2. The number of nitriles is 1. The summed E-state index contributed by atoms with van der Waals surface area (Å²) >= 11 is 0. The van der Waals surface area contributed by atoms with Gasteiger partial charge in [-0.2, -0.15) is 5.26 Å². The van der Waals surface area contributed by atoms with Gasteiger partial charge in [-0.3, -0.25) is 9.59 Å². The molecule has 7 heteroatoms. The third-order valence-electron chi connectivity index (χ3n) is 6.89. The Morgan fingerprint density at radius 1 is 1.29 bits per heavy atom. The maximum absolute atomic E-state index is 12.9. The van der Waals surface area contributed by atoms with Gasteiger partial charge in [-0.1, -0.05) is 26.8 Å². The Hall–Kier alpha value is -3.66. The number of nitrogens with zero attached hydrogens (tertiary/aromatic N) is 4. The van der Waals surface area contributed by atoms with Gasteiger partial charge < -0.3 is 14.8 Å². The van der Waals surface area contributed by atoms with Gasteiger partial charge in [0.1, 0.15) is 5.65 Å². The van der Waals surface area contributed by atoms with E-state index in [0.29, 0.717) is 28.7 Å². The topological polar surface area (TPSA) is 91.0 Å². The fraction of sp³-hybridized carbons (Fsp3) is 0.407. The minimum Gasteiger partial charge on any atom is -0.342 e. The summed E-state index contributed by atoms with van der Waals surface area (Å²) in [4.78, 5) is 32.0. The first kappa shape index (κ1) is 23.5. The number of nitrogens with one attached hydrogen (secondary N) is 1. The number of hydrogen-bond acceptors (Lipinski definition) is 4. The fourth-order valence-electron chi connectivity index (χ4n) is 5.04. The van der Waals surface area contributed by atoms with Crippen molar-refractivity contribution in [1.82, 2.24) is 14.5 Å². The molecule has 1 aliphatic rings. The molecular weight excluding hydrogens is 426 g/mol. The van der Waals surface area contributed by atoms with Crippen LogP contribution < -0.4 is 5.32 Å². The summed E-state index contributed by atoms with van der Waals surface area (Å²) in [5.41, 5.74) is 4.60. The molecule has 0 saturated carbocycles. The first-order chi connectivity index (χ1) is 16.2. The summed E-state index contributed by atoms with van der Waals surface area (Å²) in [5.74, 6) is 0.569. The van der Waals surface area contributed by atoms with E-state index in [1.807, 2.05) is 37.3 Å². The van der Waals surface area contributed by atoms with E-state index in [1.54, 1.807) is 30.5 Å². The zero-order valence-electron chi connectivity index (χ0n) is 20.4. The van der Waals surface area contributed by atoms with Crippen LogP contribution in [-0.2, 0) is 11.8 Å². The van der Waals surface area contributed by atoms with Gasteiger partial charge in [-0.05, 0) is 54.5 Å². The van der Waals surface area contributed by atoms with Crippen molar-refractivity contribution in [2.45, 2.75) is 40.0 Å². The lowest BCUT2D eigenvalue weighted by Crippen LogP contribution is -2.43. The number of carbonyl (C=O) groups excluding carboxylic acids is 2. The molecule has 0 spiro atoms. The number of amides is 2. The zero-order chi connectivity index (χ0) is 24.6. The van der Waals surface area contributed by atoms with E-state index < -0.39 is 0 Å². The van der Waals surface area contributed by atoms with Crippen LogP contribution in [0.5, 0.6) is 0 Å². The van der Waals surface area contributed by atoms with E-state index in [2.05, 4.69) is 29.5 Å². The van der Waals surface area contributed by atoms with E-state index in [9.17, 15) is 9.59 Å². The third-order valence-corrected chi connectivity index (χ3v) is 6.89. The van der Waals surface area contributed by atoms with Crippen LogP contribution in [0.2, 0.25) is 0 Å². The molecule has 2 aromatic heterocycles. The molecule has 1 aliphatic heterocycles. The first-order valence-corrected chi connectivity index (χ1v) is 11.8. The Labute approximate surface area is 200 Å². The zero-order valence-corrected chi connectivity index (χ0v) is 20.4. The van der Waals surface area contributed by atoms with Gasteiger partial charge in [0.25, 0.3) is 5.91 Å². The number of fused-ring (bicyclic) bond motifs is 1. The van der Waals surface area contributed by atoms with E-state index in [4.69, 9.17) is 5.26 Å². The number of anilines is 1. The highest BCUT2D eigenvalue weighted by Crippen LogP contribution is 2.39. The maximum Gasteiger partial charge on any atom is 0.255 e. The molecular formula is C27H31N5O2. The largest absolute Gasteiger partial charge is 0.342 e. The van der Waals surface area contributed by atoms with Crippen molar-refractivity contribution < 1.29 is 9.59 Å². The number of aryl methyl sites for hydroxylation is 2. The lowest BCUT2D eigenvalue weighted by Gasteiger charge is -2.38. The van der Waals surface area contributed by atoms with Crippen LogP contribution in [0.3, 0.4) is 0 Å². The van der Waals surface area contributed by atoms with E-state index in [0.717, 1.165) is 36.1 Å². The Morgan fingerprint density at radius 3 is 2.74 bits per heavy atom. The number of pyridine rings is 1. The molecule has 1 saturated heterocycles. The third kappa shape index (κ3) is 4.28. The predicted molar refractivity (Wildman–Crippen MR) is 133 cm³/mol. The molecule has 0 aliphatic carbocycles. The molecule has 3 aromatic rings. The number of hydrogen-bond donors (Lipinski definition) is 1. The molecule has 0 bridgehead atoms. The van der Waals surface area contributed by atoms with Gasteiger partial charge in [0, 0.05) is 43.2 Å². The van der Waals surface area contributed by atoms with Crippen molar-refractivity contribution in [2.75, 3.05) is 18.4 Å². The van der Waals surface area contributed by atoms with Gasteiger partial charge in [0.05, 0.1) is 23.5 Å². The van der Waals surface area contributed by atoms with Gasteiger partial charge in [-0.15, -0.1) is 0 Å². The van der Waals surface area contributed by atoms with Crippen LogP contribution in [0.25, 0.3) is 11.0 Å². The van der Waals surface area contributed by atoms with E-state index >= 15 is 0 Å². The van der Waals surface area contributed by atoms with E-state index in [-0.39, 0.29) is 17.7 Å². The fourth-order valence-corrected chi connectivity index (χ4v) is 5.04. The molecule has 3 heterocycles. The first-order valence-electron chi connectivity index (χ1n) is 11.8. The average molecular weight is 458 g/mol. The van der Waals surface area contributed by atoms with Crippen molar-refractivity contribution in [3.05, 3.63) is 58.9 Å².